The van der Waals surface area contributed by atoms with Crippen LogP contribution in [-0.2, 0) is 0 Å². The lowest BCUT2D eigenvalue weighted by Crippen LogP contribution is -2.14. The van der Waals surface area contributed by atoms with E-state index in [9.17, 15) is 13.9 Å². The van der Waals surface area contributed by atoms with Crippen molar-refractivity contribution in [2.24, 2.45) is 5.73 Å². The summed E-state index contributed by atoms with van der Waals surface area (Å²) in [6.07, 6.45) is 1.63. The molecule has 0 aromatic heterocycles. The second-order valence-corrected chi connectivity index (χ2v) is 4.11. The summed E-state index contributed by atoms with van der Waals surface area (Å²) in [6.45, 7) is 0. The van der Waals surface area contributed by atoms with Gasteiger partial charge in [-0.15, -0.1) is 0 Å². The summed E-state index contributed by atoms with van der Waals surface area (Å²) in [4.78, 5) is 0. The van der Waals surface area contributed by atoms with Crippen LogP contribution < -0.4 is 5.73 Å². The average Bonchev–Trinajstić information content (AvgIpc) is 2.20. The van der Waals surface area contributed by atoms with E-state index in [0.29, 0.717) is 30.5 Å². The minimum absolute atomic E-state index is 0.0579. The van der Waals surface area contributed by atoms with Crippen LogP contribution in [0, 0.1) is 11.6 Å². The van der Waals surface area contributed by atoms with Gasteiger partial charge in [-0.05, 0) is 36.5 Å². The van der Waals surface area contributed by atoms with E-state index in [1.807, 2.05) is 0 Å². The number of aliphatic hydroxyl groups is 1. The first kappa shape index (κ1) is 10.9. The van der Waals surface area contributed by atoms with E-state index in [0.717, 1.165) is 6.07 Å². The van der Waals surface area contributed by atoms with Crippen molar-refractivity contribution in [3.05, 3.63) is 46.9 Å². The number of halogens is 2. The topological polar surface area (TPSA) is 46.2 Å². The van der Waals surface area contributed by atoms with Crippen LogP contribution in [-0.4, -0.2) is 5.11 Å². The van der Waals surface area contributed by atoms with E-state index in [1.165, 1.54) is 12.1 Å². The molecule has 2 rings (SSSR count). The average molecular weight is 225 g/mol. The van der Waals surface area contributed by atoms with Gasteiger partial charge in [-0.25, -0.2) is 8.78 Å². The molecule has 1 aromatic carbocycles. The zero-order chi connectivity index (χ0) is 11.7. The summed E-state index contributed by atoms with van der Waals surface area (Å²) in [6, 6.07) is 3.46. The molecule has 0 saturated carbocycles. The van der Waals surface area contributed by atoms with Gasteiger partial charge >= 0.3 is 0 Å². The molecule has 0 unspecified atom stereocenters. The fourth-order valence-corrected chi connectivity index (χ4v) is 2.04. The first-order chi connectivity index (χ1) is 7.56. The maximum Gasteiger partial charge on any atom is 0.126 e. The Labute approximate surface area is 92.4 Å². The minimum Gasteiger partial charge on any atom is -0.511 e. The Bertz CT molecular complexity index is 422. The van der Waals surface area contributed by atoms with Gasteiger partial charge in [0, 0.05) is 18.2 Å². The SMILES string of the molecule is NC1=C(O)C[C@H](c2cc(F)cc(F)c2)CC1. The van der Waals surface area contributed by atoms with E-state index >= 15 is 0 Å². The Morgan fingerprint density at radius 1 is 1.19 bits per heavy atom. The van der Waals surface area contributed by atoms with Crippen LogP contribution in [0.25, 0.3) is 0 Å². The van der Waals surface area contributed by atoms with Gasteiger partial charge in [-0.2, -0.15) is 0 Å². The highest BCUT2D eigenvalue weighted by Crippen LogP contribution is 2.34. The quantitative estimate of drug-likeness (QED) is 0.771. The van der Waals surface area contributed by atoms with Gasteiger partial charge in [0.25, 0.3) is 0 Å². The van der Waals surface area contributed by atoms with Gasteiger partial charge in [-0.3, -0.25) is 0 Å². The van der Waals surface area contributed by atoms with E-state index in [2.05, 4.69) is 0 Å². The molecule has 0 spiro atoms. The fourth-order valence-electron chi connectivity index (χ4n) is 2.04. The van der Waals surface area contributed by atoms with Crippen molar-refractivity contribution in [3.63, 3.8) is 0 Å². The molecular formula is C12H13F2NO. The zero-order valence-corrected chi connectivity index (χ0v) is 8.71. The lowest BCUT2D eigenvalue weighted by molar-refractivity contribution is 0.341. The second kappa shape index (κ2) is 4.12. The minimum atomic E-state index is -0.586. The third-order valence-corrected chi connectivity index (χ3v) is 2.93. The van der Waals surface area contributed by atoms with Crippen LogP contribution in [0.2, 0.25) is 0 Å². The number of rotatable bonds is 1. The molecule has 0 amide bonds. The van der Waals surface area contributed by atoms with Crippen molar-refractivity contribution < 1.29 is 13.9 Å². The third kappa shape index (κ3) is 2.15. The van der Waals surface area contributed by atoms with Crippen LogP contribution in [0.15, 0.2) is 29.7 Å². The highest BCUT2D eigenvalue weighted by molar-refractivity contribution is 5.25. The smallest absolute Gasteiger partial charge is 0.126 e. The van der Waals surface area contributed by atoms with Gasteiger partial charge in [0.2, 0.25) is 0 Å². The van der Waals surface area contributed by atoms with E-state index in [1.54, 1.807) is 0 Å². The lowest BCUT2D eigenvalue weighted by Gasteiger charge is -2.23. The summed E-state index contributed by atoms with van der Waals surface area (Å²) in [5.41, 5.74) is 6.62. The number of hydrogen-bond acceptors (Lipinski definition) is 2. The maximum absolute atomic E-state index is 13.0. The van der Waals surface area contributed by atoms with E-state index < -0.39 is 11.6 Å². The van der Waals surface area contributed by atoms with Crippen LogP contribution in [0.5, 0.6) is 0 Å². The summed E-state index contributed by atoms with van der Waals surface area (Å²) in [7, 11) is 0. The lowest BCUT2D eigenvalue weighted by atomic mass is 9.85. The monoisotopic (exact) mass is 225 g/mol. The van der Waals surface area contributed by atoms with Gasteiger partial charge in [0.05, 0.1) is 0 Å². The van der Waals surface area contributed by atoms with Crippen molar-refractivity contribution >= 4 is 0 Å². The summed E-state index contributed by atoms with van der Waals surface area (Å²) in [5, 5.41) is 9.52. The molecule has 1 atom stereocenters. The molecular weight excluding hydrogens is 212 g/mol. The molecule has 86 valence electrons. The predicted octanol–water partition coefficient (Wildman–Crippen LogP) is 2.96. The fraction of sp³-hybridized carbons (Fsp3) is 0.333. The highest BCUT2D eigenvalue weighted by atomic mass is 19.1. The first-order valence-electron chi connectivity index (χ1n) is 5.18. The Morgan fingerprint density at radius 3 is 2.38 bits per heavy atom. The Hall–Kier alpha value is -1.58. The molecule has 0 heterocycles. The van der Waals surface area contributed by atoms with Gasteiger partial charge in [0.1, 0.15) is 17.4 Å². The van der Waals surface area contributed by atoms with Crippen molar-refractivity contribution in [2.75, 3.05) is 0 Å². The molecule has 0 saturated heterocycles. The number of benzene rings is 1. The molecule has 1 aliphatic carbocycles. The third-order valence-electron chi connectivity index (χ3n) is 2.93. The Kier molecular flexibility index (Phi) is 2.81. The van der Waals surface area contributed by atoms with E-state index in [-0.39, 0.29) is 11.7 Å². The Morgan fingerprint density at radius 2 is 1.81 bits per heavy atom. The molecule has 1 aromatic rings. The number of nitrogens with two attached hydrogens (primary N) is 1. The number of allylic oxidation sites excluding steroid dienone is 2. The normalized spacial score (nSPS) is 21.2. The van der Waals surface area contributed by atoms with Crippen molar-refractivity contribution in [3.8, 4) is 0 Å². The van der Waals surface area contributed by atoms with Crippen molar-refractivity contribution in [1.82, 2.24) is 0 Å². The van der Waals surface area contributed by atoms with Crippen LogP contribution in [0.1, 0.15) is 30.7 Å². The summed E-state index contributed by atoms with van der Waals surface area (Å²) in [5.74, 6) is -1.09. The zero-order valence-electron chi connectivity index (χ0n) is 8.71. The molecule has 0 fully saturated rings. The molecule has 3 N–H and O–H groups in total. The largest absolute Gasteiger partial charge is 0.511 e. The van der Waals surface area contributed by atoms with Gasteiger partial charge < -0.3 is 10.8 Å². The number of aliphatic hydroxyl groups excluding tert-OH is 1. The molecule has 0 radical (unpaired) electrons. The summed E-state index contributed by atoms with van der Waals surface area (Å²) >= 11 is 0. The van der Waals surface area contributed by atoms with Crippen molar-refractivity contribution in [2.45, 2.75) is 25.2 Å². The van der Waals surface area contributed by atoms with Crippen LogP contribution in [0.3, 0.4) is 0 Å². The second-order valence-electron chi connectivity index (χ2n) is 4.11. The molecule has 1 aliphatic rings. The maximum atomic E-state index is 13.0. The number of hydrogen-bond donors (Lipinski definition) is 2. The molecule has 4 heteroatoms. The molecule has 0 aliphatic heterocycles. The van der Waals surface area contributed by atoms with Crippen molar-refractivity contribution in [1.29, 1.82) is 0 Å². The van der Waals surface area contributed by atoms with Gasteiger partial charge in [0.15, 0.2) is 0 Å². The predicted molar refractivity (Wildman–Crippen MR) is 56.8 cm³/mol. The molecule has 2 nitrogen and oxygen atoms in total. The summed E-state index contributed by atoms with van der Waals surface area (Å²) < 4.78 is 26.0. The first-order valence-corrected chi connectivity index (χ1v) is 5.18. The van der Waals surface area contributed by atoms with Crippen LogP contribution >= 0.6 is 0 Å². The standard InChI is InChI=1S/C12H13F2NO/c13-9-3-8(4-10(14)6-9)7-1-2-11(15)12(16)5-7/h3-4,6-7,16H,1-2,5,15H2/t7-/m1/s1. The van der Waals surface area contributed by atoms with E-state index in [4.69, 9.17) is 5.73 Å². The van der Waals surface area contributed by atoms with Crippen LogP contribution in [0.4, 0.5) is 8.78 Å². The molecule has 0 bridgehead atoms. The highest BCUT2D eigenvalue weighted by Gasteiger charge is 2.21. The molecule has 16 heavy (non-hydrogen) atoms. The Balaban J connectivity index is 2.26. The van der Waals surface area contributed by atoms with Gasteiger partial charge in [-0.1, -0.05) is 0 Å².